The normalized spacial score (nSPS) is 13.5. The largest absolute Gasteiger partial charge is 0.491 e. The van der Waals surface area contributed by atoms with Gasteiger partial charge in [0.1, 0.15) is 12.4 Å². The molecule has 1 heterocycles. The smallest absolute Gasteiger partial charge is 0.299 e. The molecular weight excluding hydrogens is 302 g/mol. The molecule has 2 aromatic rings. The molecule has 0 unspecified atom stereocenters. The summed E-state index contributed by atoms with van der Waals surface area (Å²) in [5.41, 5.74) is 1.85. The van der Waals surface area contributed by atoms with E-state index in [2.05, 4.69) is 0 Å². The number of benzene rings is 2. The number of hydrogen-bond acceptors (Lipinski definition) is 3. The Hall–Kier alpha value is -2.33. The van der Waals surface area contributed by atoms with Crippen LogP contribution in [-0.2, 0) is 4.79 Å². The summed E-state index contributed by atoms with van der Waals surface area (Å²) in [6.07, 6.45) is 0. The number of para-hydroxylation sites is 2. The number of carbonyl (C=O) groups is 2. The van der Waals surface area contributed by atoms with E-state index >= 15 is 0 Å². The van der Waals surface area contributed by atoms with Crippen LogP contribution in [0.4, 0.5) is 5.69 Å². The van der Waals surface area contributed by atoms with Crippen LogP contribution in [0.1, 0.15) is 15.9 Å². The Bertz CT molecular complexity index is 757. The summed E-state index contributed by atoms with van der Waals surface area (Å²) in [6, 6.07) is 12.6. The lowest BCUT2D eigenvalue weighted by Crippen LogP contribution is -2.33. The number of carbonyl (C=O) groups excluding carboxylic acids is 2. The minimum absolute atomic E-state index is 0.273. The van der Waals surface area contributed by atoms with Crippen molar-refractivity contribution in [3.05, 3.63) is 58.6 Å². The molecule has 1 aliphatic heterocycles. The number of hydrogen-bond donors (Lipinski definition) is 0. The summed E-state index contributed by atoms with van der Waals surface area (Å²) >= 11 is 6.13. The van der Waals surface area contributed by atoms with Crippen molar-refractivity contribution in [2.75, 3.05) is 18.1 Å². The molecule has 22 heavy (non-hydrogen) atoms. The van der Waals surface area contributed by atoms with Gasteiger partial charge >= 0.3 is 0 Å². The first-order valence-corrected chi connectivity index (χ1v) is 7.30. The highest BCUT2D eigenvalue weighted by molar-refractivity contribution is 6.54. The lowest BCUT2D eigenvalue weighted by atomic mass is 10.1. The monoisotopic (exact) mass is 315 g/mol. The third-order valence-corrected chi connectivity index (χ3v) is 3.91. The molecule has 1 aliphatic rings. The molecule has 0 fully saturated rings. The first-order chi connectivity index (χ1) is 10.6. The fraction of sp³-hybridized carbons (Fsp3) is 0.176. The highest BCUT2D eigenvalue weighted by Gasteiger charge is 2.37. The molecule has 0 aliphatic carbocycles. The van der Waals surface area contributed by atoms with Gasteiger partial charge in [-0.15, -0.1) is 0 Å². The van der Waals surface area contributed by atoms with E-state index in [4.69, 9.17) is 16.3 Å². The van der Waals surface area contributed by atoms with Gasteiger partial charge in [-0.05, 0) is 30.7 Å². The number of Topliss-reactive ketones (excluding diaryl/α,β-unsaturated/α-hetero) is 1. The number of nitrogens with zero attached hydrogens (tertiary/aromatic N) is 1. The molecule has 0 bridgehead atoms. The fourth-order valence-electron chi connectivity index (χ4n) is 2.49. The second-order valence-electron chi connectivity index (χ2n) is 5.04. The summed E-state index contributed by atoms with van der Waals surface area (Å²) in [5.74, 6) is -0.315. The van der Waals surface area contributed by atoms with Gasteiger partial charge in [-0.25, -0.2) is 0 Å². The second-order valence-corrected chi connectivity index (χ2v) is 5.44. The van der Waals surface area contributed by atoms with E-state index in [-0.39, 0.29) is 13.2 Å². The predicted octanol–water partition coefficient (Wildman–Crippen LogP) is 3.26. The Balaban J connectivity index is 1.75. The Morgan fingerprint density at radius 1 is 1.09 bits per heavy atom. The van der Waals surface area contributed by atoms with Crippen LogP contribution >= 0.6 is 11.6 Å². The number of rotatable bonds is 4. The zero-order valence-electron chi connectivity index (χ0n) is 12.0. The quantitative estimate of drug-likeness (QED) is 0.814. The van der Waals surface area contributed by atoms with Crippen molar-refractivity contribution in [1.82, 2.24) is 0 Å². The Labute approximate surface area is 133 Å². The number of ether oxygens (including phenoxy) is 1. The number of ketones is 1. The SMILES string of the molecule is Cc1ccccc1OCCN1C(=O)C(=O)c2cccc(Cl)c21. The summed E-state index contributed by atoms with van der Waals surface area (Å²) in [5, 5.41) is 0.396. The van der Waals surface area contributed by atoms with Crippen molar-refractivity contribution in [1.29, 1.82) is 0 Å². The van der Waals surface area contributed by atoms with Crippen molar-refractivity contribution in [3.8, 4) is 5.75 Å². The highest BCUT2D eigenvalue weighted by Crippen LogP contribution is 2.35. The van der Waals surface area contributed by atoms with Crippen LogP contribution < -0.4 is 9.64 Å². The standard InChI is InChI=1S/C17H14ClNO3/c1-11-5-2-3-8-14(11)22-10-9-19-15-12(16(20)17(19)21)6-4-7-13(15)18/h2-8H,9-10H2,1H3. The van der Waals surface area contributed by atoms with E-state index in [0.717, 1.165) is 11.3 Å². The van der Waals surface area contributed by atoms with Crippen LogP contribution in [-0.4, -0.2) is 24.8 Å². The van der Waals surface area contributed by atoms with E-state index in [1.165, 1.54) is 4.90 Å². The van der Waals surface area contributed by atoms with Crippen molar-refractivity contribution in [2.24, 2.45) is 0 Å². The van der Waals surface area contributed by atoms with Gasteiger partial charge in [-0.2, -0.15) is 0 Å². The number of fused-ring (bicyclic) bond motifs is 1. The maximum absolute atomic E-state index is 12.1. The number of aryl methyl sites for hydroxylation is 1. The van der Waals surface area contributed by atoms with Gasteiger partial charge in [0, 0.05) is 0 Å². The van der Waals surface area contributed by atoms with Gasteiger partial charge in [0.05, 0.1) is 22.8 Å². The summed E-state index contributed by atoms with van der Waals surface area (Å²) in [4.78, 5) is 25.4. The zero-order valence-corrected chi connectivity index (χ0v) is 12.8. The molecule has 0 spiro atoms. The molecule has 3 rings (SSSR count). The van der Waals surface area contributed by atoms with Crippen molar-refractivity contribution < 1.29 is 14.3 Å². The molecule has 0 N–H and O–H groups in total. The molecule has 0 aromatic heterocycles. The first-order valence-electron chi connectivity index (χ1n) is 6.92. The minimum Gasteiger partial charge on any atom is -0.491 e. The predicted molar refractivity (Wildman–Crippen MR) is 84.8 cm³/mol. The molecule has 0 radical (unpaired) electrons. The van der Waals surface area contributed by atoms with Crippen LogP contribution in [0.2, 0.25) is 5.02 Å². The van der Waals surface area contributed by atoms with Gasteiger partial charge in [-0.1, -0.05) is 35.9 Å². The van der Waals surface area contributed by atoms with Crippen LogP contribution in [0.25, 0.3) is 0 Å². The maximum Gasteiger partial charge on any atom is 0.299 e. The van der Waals surface area contributed by atoms with Crippen LogP contribution in [0, 0.1) is 6.92 Å². The third-order valence-electron chi connectivity index (χ3n) is 3.61. The van der Waals surface area contributed by atoms with Gasteiger partial charge in [0.15, 0.2) is 0 Å². The Morgan fingerprint density at radius 3 is 2.64 bits per heavy atom. The van der Waals surface area contributed by atoms with E-state index in [1.807, 2.05) is 31.2 Å². The molecule has 5 heteroatoms. The lowest BCUT2D eigenvalue weighted by Gasteiger charge is -2.18. The molecular formula is C17H14ClNO3. The number of anilines is 1. The molecule has 4 nitrogen and oxygen atoms in total. The van der Waals surface area contributed by atoms with Crippen LogP contribution in [0.3, 0.4) is 0 Å². The molecule has 0 atom stereocenters. The van der Waals surface area contributed by atoms with E-state index in [9.17, 15) is 9.59 Å². The zero-order chi connectivity index (χ0) is 15.7. The Morgan fingerprint density at radius 2 is 1.86 bits per heavy atom. The highest BCUT2D eigenvalue weighted by atomic mass is 35.5. The first kappa shape index (κ1) is 14.6. The second kappa shape index (κ2) is 5.81. The van der Waals surface area contributed by atoms with Crippen molar-refractivity contribution in [2.45, 2.75) is 6.92 Å². The van der Waals surface area contributed by atoms with Gasteiger partial charge in [-0.3, -0.25) is 14.5 Å². The molecule has 2 aromatic carbocycles. The summed E-state index contributed by atoms with van der Waals surface area (Å²) in [6.45, 7) is 2.51. The van der Waals surface area contributed by atoms with E-state index < -0.39 is 11.7 Å². The van der Waals surface area contributed by atoms with Gasteiger partial charge < -0.3 is 4.74 Å². The molecule has 112 valence electrons. The molecule has 1 amide bonds. The third kappa shape index (κ3) is 2.46. The molecule has 0 saturated carbocycles. The average molecular weight is 316 g/mol. The topological polar surface area (TPSA) is 46.6 Å². The number of halogens is 1. The van der Waals surface area contributed by atoms with Crippen LogP contribution in [0.5, 0.6) is 5.75 Å². The summed E-state index contributed by atoms with van der Waals surface area (Å²) in [7, 11) is 0. The van der Waals surface area contributed by atoms with E-state index in [1.54, 1.807) is 18.2 Å². The Kier molecular flexibility index (Phi) is 3.86. The minimum atomic E-state index is -0.559. The van der Waals surface area contributed by atoms with E-state index in [0.29, 0.717) is 16.3 Å². The van der Waals surface area contributed by atoms with Gasteiger partial charge in [0.2, 0.25) is 0 Å². The lowest BCUT2D eigenvalue weighted by molar-refractivity contribution is -0.114. The number of amides is 1. The van der Waals surface area contributed by atoms with Crippen molar-refractivity contribution >= 4 is 29.0 Å². The fourth-order valence-corrected chi connectivity index (χ4v) is 2.77. The molecule has 0 saturated heterocycles. The summed E-state index contributed by atoms with van der Waals surface area (Å²) < 4.78 is 5.69. The average Bonchev–Trinajstić information content (AvgIpc) is 2.75. The van der Waals surface area contributed by atoms with Crippen LogP contribution in [0.15, 0.2) is 42.5 Å². The maximum atomic E-state index is 12.1. The van der Waals surface area contributed by atoms with Crippen molar-refractivity contribution in [3.63, 3.8) is 0 Å². The van der Waals surface area contributed by atoms with Gasteiger partial charge in [0.25, 0.3) is 11.7 Å².